The first-order valence-corrected chi connectivity index (χ1v) is 3.75. The molecule has 0 heterocycles. The molecule has 0 saturated carbocycles. The predicted octanol–water partition coefficient (Wildman–Crippen LogP) is 0.495. The summed E-state index contributed by atoms with van der Waals surface area (Å²) in [6, 6.07) is 0. The molecule has 0 amide bonds. The van der Waals surface area contributed by atoms with E-state index in [0.717, 1.165) is 0 Å². The fourth-order valence-corrected chi connectivity index (χ4v) is 0.672. The molecule has 70 valence electrons. The Morgan fingerprint density at radius 2 is 2.25 bits per heavy atom. The van der Waals surface area contributed by atoms with Gasteiger partial charge in [-0.05, 0) is 20.8 Å². The van der Waals surface area contributed by atoms with Gasteiger partial charge in [-0.2, -0.15) is 5.10 Å². The molecule has 0 unspecified atom stereocenters. The molecule has 0 aliphatic rings. The standard InChI is InChI=1S/C8H17N3O/c1-7(9)5-11(10-4)8(2,3)6-12/h5,12H,4,6,9H2,1-3H3/b7-5+. The zero-order valence-corrected chi connectivity index (χ0v) is 7.91. The van der Waals surface area contributed by atoms with Crippen molar-refractivity contribution < 1.29 is 5.11 Å². The number of allylic oxidation sites excluding steroid dienone is 1. The Kier molecular flexibility index (Phi) is 3.76. The Bertz CT molecular complexity index is 183. The molecule has 0 bridgehead atoms. The molecule has 0 rings (SSSR count). The summed E-state index contributed by atoms with van der Waals surface area (Å²) in [7, 11) is 0. The number of hydrogen-bond acceptors (Lipinski definition) is 4. The van der Waals surface area contributed by atoms with Gasteiger partial charge >= 0.3 is 0 Å². The van der Waals surface area contributed by atoms with Crippen molar-refractivity contribution in [2.45, 2.75) is 26.3 Å². The molecule has 0 saturated heterocycles. The van der Waals surface area contributed by atoms with Gasteiger partial charge in [0.15, 0.2) is 0 Å². The number of aliphatic hydroxyl groups is 1. The van der Waals surface area contributed by atoms with Gasteiger partial charge in [0, 0.05) is 18.6 Å². The van der Waals surface area contributed by atoms with Crippen LogP contribution in [-0.2, 0) is 0 Å². The Balaban J connectivity index is 4.56. The average molecular weight is 171 g/mol. The molecule has 0 radical (unpaired) electrons. The highest BCUT2D eigenvalue weighted by atomic mass is 16.3. The van der Waals surface area contributed by atoms with E-state index < -0.39 is 5.54 Å². The fraction of sp³-hybridized carbons (Fsp3) is 0.625. The van der Waals surface area contributed by atoms with Crippen LogP contribution in [0.5, 0.6) is 0 Å². The second-order valence-corrected chi connectivity index (χ2v) is 3.33. The maximum Gasteiger partial charge on any atom is 0.0801 e. The molecule has 0 aromatic rings. The van der Waals surface area contributed by atoms with Crippen molar-refractivity contribution in [3.63, 3.8) is 0 Å². The molecule has 0 aliphatic carbocycles. The largest absolute Gasteiger partial charge is 0.401 e. The highest BCUT2D eigenvalue weighted by Gasteiger charge is 2.22. The maximum atomic E-state index is 9.01. The molecule has 0 aliphatic heterocycles. The summed E-state index contributed by atoms with van der Waals surface area (Å²) in [6.07, 6.45) is 1.64. The summed E-state index contributed by atoms with van der Waals surface area (Å²) in [5.41, 5.74) is 5.64. The predicted molar refractivity (Wildman–Crippen MR) is 50.5 cm³/mol. The fourth-order valence-electron chi connectivity index (χ4n) is 0.672. The summed E-state index contributed by atoms with van der Waals surface area (Å²) in [5, 5.41) is 14.3. The number of aliphatic hydroxyl groups excluding tert-OH is 1. The SMILES string of the molecule is C=NN(/C=C(\C)N)C(C)(C)CO. The third-order valence-electron chi connectivity index (χ3n) is 1.49. The number of rotatable bonds is 4. The lowest BCUT2D eigenvalue weighted by Gasteiger charge is -2.31. The molecule has 0 atom stereocenters. The highest BCUT2D eigenvalue weighted by Crippen LogP contribution is 2.14. The lowest BCUT2D eigenvalue weighted by molar-refractivity contribution is 0.0988. The van der Waals surface area contributed by atoms with E-state index in [0.29, 0.717) is 5.70 Å². The quantitative estimate of drug-likeness (QED) is 0.478. The minimum absolute atomic E-state index is 0.00417. The molecule has 0 fully saturated rings. The van der Waals surface area contributed by atoms with Crippen LogP contribution in [0, 0.1) is 0 Å². The van der Waals surface area contributed by atoms with E-state index in [1.54, 1.807) is 18.1 Å². The first-order chi connectivity index (χ1) is 5.44. The number of nitrogens with two attached hydrogens (primary N) is 1. The highest BCUT2D eigenvalue weighted by molar-refractivity contribution is 5.23. The van der Waals surface area contributed by atoms with Gasteiger partial charge < -0.3 is 10.8 Å². The Morgan fingerprint density at radius 1 is 1.75 bits per heavy atom. The first-order valence-electron chi connectivity index (χ1n) is 3.75. The van der Waals surface area contributed by atoms with Crippen LogP contribution in [0.1, 0.15) is 20.8 Å². The number of nitrogens with zero attached hydrogens (tertiary/aromatic N) is 2. The average Bonchev–Trinajstić information content (AvgIpc) is 1.99. The van der Waals surface area contributed by atoms with Crippen molar-refractivity contribution in [2.24, 2.45) is 10.8 Å². The third-order valence-corrected chi connectivity index (χ3v) is 1.49. The number of hydrazone groups is 1. The van der Waals surface area contributed by atoms with Gasteiger partial charge in [-0.25, -0.2) is 0 Å². The number of hydrogen-bond donors (Lipinski definition) is 2. The van der Waals surface area contributed by atoms with Crippen LogP contribution in [0.4, 0.5) is 0 Å². The van der Waals surface area contributed by atoms with Crippen molar-refractivity contribution in [3.05, 3.63) is 11.9 Å². The Morgan fingerprint density at radius 3 is 2.50 bits per heavy atom. The van der Waals surface area contributed by atoms with Gasteiger partial charge in [-0.1, -0.05) is 0 Å². The Hall–Kier alpha value is -1.03. The van der Waals surface area contributed by atoms with Gasteiger partial charge in [0.1, 0.15) is 0 Å². The molecule has 0 aromatic carbocycles. The van der Waals surface area contributed by atoms with E-state index >= 15 is 0 Å². The molecule has 3 N–H and O–H groups in total. The summed E-state index contributed by atoms with van der Waals surface area (Å²) in [6.45, 7) is 8.84. The summed E-state index contributed by atoms with van der Waals surface area (Å²) >= 11 is 0. The summed E-state index contributed by atoms with van der Waals surface area (Å²) in [4.78, 5) is 0. The van der Waals surface area contributed by atoms with Gasteiger partial charge in [0.2, 0.25) is 0 Å². The minimum Gasteiger partial charge on any atom is -0.401 e. The first kappa shape index (κ1) is 11.0. The maximum absolute atomic E-state index is 9.01. The molecule has 4 nitrogen and oxygen atoms in total. The van der Waals surface area contributed by atoms with Crippen molar-refractivity contribution in [1.82, 2.24) is 5.01 Å². The minimum atomic E-state index is -0.456. The van der Waals surface area contributed by atoms with E-state index in [4.69, 9.17) is 10.8 Å². The lowest BCUT2D eigenvalue weighted by atomic mass is 10.1. The van der Waals surface area contributed by atoms with Crippen molar-refractivity contribution >= 4 is 6.72 Å². The van der Waals surface area contributed by atoms with Crippen molar-refractivity contribution in [2.75, 3.05) is 6.61 Å². The van der Waals surface area contributed by atoms with Gasteiger partial charge in [0.25, 0.3) is 0 Å². The second-order valence-electron chi connectivity index (χ2n) is 3.33. The molecule has 12 heavy (non-hydrogen) atoms. The lowest BCUT2D eigenvalue weighted by Crippen LogP contribution is -2.40. The van der Waals surface area contributed by atoms with Crippen LogP contribution in [0.15, 0.2) is 17.0 Å². The van der Waals surface area contributed by atoms with Crippen molar-refractivity contribution in [3.8, 4) is 0 Å². The topological polar surface area (TPSA) is 61.8 Å². The van der Waals surface area contributed by atoms with Crippen LogP contribution >= 0.6 is 0 Å². The van der Waals surface area contributed by atoms with Crippen LogP contribution in [0.2, 0.25) is 0 Å². The van der Waals surface area contributed by atoms with E-state index in [2.05, 4.69) is 11.8 Å². The van der Waals surface area contributed by atoms with E-state index in [1.165, 1.54) is 0 Å². The van der Waals surface area contributed by atoms with E-state index in [1.807, 2.05) is 13.8 Å². The molecular weight excluding hydrogens is 154 g/mol. The Labute approximate surface area is 73.4 Å². The van der Waals surface area contributed by atoms with Crippen LogP contribution in [-0.4, -0.2) is 29.0 Å². The summed E-state index contributed by atoms with van der Waals surface area (Å²) < 4.78 is 0. The molecule has 4 heteroatoms. The van der Waals surface area contributed by atoms with E-state index in [9.17, 15) is 0 Å². The third kappa shape index (κ3) is 2.92. The zero-order chi connectivity index (χ0) is 9.78. The molecule has 0 spiro atoms. The zero-order valence-electron chi connectivity index (χ0n) is 7.91. The monoisotopic (exact) mass is 171 g/mol. The molecule has 0 aromatic heterocycles. The van der Waals surface area contributed by atoms with Crippen LogP contribution in [0.25, 0.3) is 0 Å². The molecular formula is C8H17N3O. The second kappa shape index (κ2) is 4.11. The van der Waals surface area contributed by atoms with Gasteiger partial charge in [-0.15, -0.1) is 0 Å². The van der Waals surface area contributed by atoms with E-state index in [-0.39, 0.29) is 6.61 Å². The van der Waals surface area contributed by atoms with Crippen LogP contribution < -0.4 is 5.73 Å². The smallest absolute Gasteiger partial charge is 0.0801 e. The van der Waals surface area contributed by atoms with Gasteiger partial charge in [0.05, 0.1) is 12.1 Å². The van der Waals surface area contributed by atoms with Gasteiger partial charge in [-0.3, -0.25) is 5.01 Å². The van der Waals surface area contributed by atoms with Crippen LogP contribution in [0.3, 0.4) is 0 Å². The normalized spacial score (nSPS) is 12.8. The van der Waals surface area contributed by atoms with Crippen molar-refractivity contribution in [1.29, 1.82) is 0 Å². The summed E-state index contributed by atoms with van der Waals surface area (Å²) in [5.74, 6) is 0.